The Labute approximate surface area is 126 Å². The second kappa shape index (κ2) is 7.00. The summed E-state index contributed by atoms with van der Waals surface area (Å²) in [5, 5.41) is 0. The third-order valence-corrected chi connectivity index (χ3v) is 4.28. The van der Waals surface area contributed by atoms with Crippen LogP contribution in [-0.2, 0) is 4.74 Å². The van der Waals surface area contributed by atoms with E-state index in [1.54, 1.807) is 12.1 Å². The van der Waals surface area contributed by atoms with Crippen molar-refractivity contribution >= 4 is 11.8 Å². The van der Waals surface area contributed by atoms with E-state index in [4.69, 9.17) is 10.5 Å². The van der Waals surface area contributed by atoms with E-state index in [2.05, 4.69) is 11.8 Å². The lowest BCUT2D eigenvalue weighted by Gasteiger charge is -2.39. The maximum absolute atomic E-state index is 12.3. The highest BCUT2D eigenvalue weighted by Crippen LogP contribution is 2.37. The predicted octanol–water partition coefficient (Wildman–Crippen LogP) is 3.02. The van der Waals surface area contributed by atoms with Crippen LogP contribution in [0, 0.1) is 0 Å². The van der Waals surface area contributed by atoms with Gasteiger partial charge >= 0.3 is 5.51 Å². The van der Waals surface area contributed by atoms with E-state index in [1.807, 2.05) is 0 Å². The number of thioether (sulfide) groups is 1. The normalized spacial score (nSPS) is 22.2. The van der Waals surface area contributed by atoms with E-state index < -0.39 is 5.51 Å². The van der Waals surface area contributed by atoms with E-state index in [0.29, 0.717) is 19.8 Å². The summed E-state index contributed by atoms with van der Waals surface area (Å²) in [6, 6.07) is 6.72. The van der Waals surface area contributed by atoms with Crippen molar-refractivity contribution in [1.82, 2.24) is 4.90 Å². The third-order valence-electron chi connectivity index (χ3n) is 3.54. The molecule has 0 aromatic heterocycles. The molecule has 0 bridgehead atoms. The highest BCUT2D eigenvalue weighted by atomic mass is 32.2. The van der Waals surface area contributed by atoms with Crippen molar-refractivity contribution in [2.75, 3.05) is 26.3 Å². The van der Waals surface area contributed by atoms with Crippen LogP contribution in [0.4, 0.5) is 13.2 Å². The fraction of sp³-hybridized carbons (Fsp3) is 0.571. The summed E-state index contributed by atoms with van der Waals surface area (Å²) in [7, 11) is 0. The van der Waals surface area contributed by atoms with Gasteiger partial charge in [0.2, 0.25) is 0 Å². The topological polar surface area (TPSA) is 38.5 Å². The summed E-state index contributed by atoms with van der Waals surface area (Å²) in [6.45, 7) is 4.58. The molecule has 0 saturated carbocycles. The highest BCUT2D eigenvalue weighted by molar-refractivity contribution is 8.00. The Kier molecular flexibility index (Phi) is 5.54. The molecule has 0 radical (unpaired) electrons. The van der Waals surface area contributed by atoms with Gasteiger partial charge in [0.25, 0.3) is 0 Å². The molecule has 1 heterocycles. The molecule has 2 unspecified atom stereocenters. The average molecular weight is 320 g/mol. The number of hydrogen-bond acceptors (Lipinski definition) is 4. The number of benzene rings is 1. The van der Waals surface area contributed by atoms with Gasteiger partial charge in [-0.25, -0.2) is 0 Å². The zero-order valence-corrected chi connectivity index (χ0v) is 12.6. The van der Waals surface area contributed by atoms with Gasteiger partial charge in [-0.3, -0.25) is 4.90 Å². The lowest BCUT2D eigenvalue weighted by Crippen LogP contribution is -2.47. The second-order valence-corrected chi connectivity index (χ2v) is 6.17. The minimum atomic E-state index is -4.26. The van der Waals surface area contributed by atoms with Crippen molar-refractivity contribution in [2.45, 2.75) is 29.4 Å². The number of morpholine rings is 1. The van der Waals surface area contributed by atoms with Crippen molar-refractivity contribution in [3.05, 3.63) is 29.8 Å². The van der Waals surface area contributed by atoms with Crippen molar-refractivity contribution in [3.63, 3.8) is 0 Å². The van der Waals surface area contributed by atoms with Gasteiger partial charge in [0.1, 0.15) is 0 Å². The molecule has 3 nitrogen and oxygen atoms in total. The van der Waals surface area contributed by atoms with Gasteiger partial charge in [-0.15, -0.1) is 0 Å². The smallest absolute Gasteiger partial charge is 0.379 e. The van der Waals surface area contributed by atoms with Crippen LogP contribution in [0.2, 0.25) is 0 Å². The molecule has 1 fully saturated rings. The van der Waals surface area contributed by atoms with Gasteiger partial charge in [0.05, 0.1) is 13.2 Å². The summed E-state index contributed by atoms with van der Waals surface area (Å²) >= 11 is -0.1000. The number of nitrogens with two attached hydrogens (primary N) is 1. The quantitative estimate of drug-likeness (QED) is 0.866. The lowest BCUT2D eigenvalue weighted by molar-refractivity contribution is -0.0328. The van der Waals surface area contributed by atoms with Gasteiger partial charge in [0, 0.05) is 30.1 Å². The van der Waals surface area contributed by atoms with Crippen LogP contribution in [-0.4, -0.2) is 42.8 Å². The fourth-order valence-electron chi connectivity index (χ4n) is 2.56. The van der Waals surface area contributed by atoms with E-state index in [1.165, 1.54) is 12.1 Å². The summed E-state index contributed by atoms with van der Waals surface area (Å²) in [5.74, 6) is 0. The Morgan fingerprint density at radius 1 is 1.38 bits per heavy atom. The van der Waals surface area contributed by atoms with Gasteiger partial charge < -0.3 is 10.5 Å². The highest BCUT2D eigenvalue weighted by Gasteiger charge is 2.30. The Morgan fingerprint density at radius 3 is 2.57 bits per heavy atom. The SMILES string of the molecule is CC1COCCN1C(CN)c1ccc(SC(F)(F)F)cc1. The van der Waals surface area contributed by atoms with Gasteiger partial charge in [-0.1, -0.05) is 12.1 Å². The minimum Gasteiger partial charge on any atom is -0.379 e. The molecule has 0 spiro atoms. The molecule has 0 amide bonds. The van der Waals surface area contributed by atoms with Gasteiger partial charge in [0.15, 0.2) is 0 Å². The summed E-state index contributed by atoms with van der Waals surface area (Å²) in [6.07, 6.45) is 0. The predicted molar refractivity (Wildman–Crippen MR) is 77.1 cm³/mol. The molecular formula is C14H19F3N2OS. The Balaban J connectivity index is 2.11. The first-order valence-corrected chi connectivity index (χ1v) is 7.61. The van der Waals surface area contributed by atoms with Crippen LogP contribution >= 0.6 is 11.8 Å². The van der Waals surface area contributed by atoms with Gasteiger partial charge in [-0.05, 0) is 36.4 Å². The van der Waals surface area contributed by atoms with Crippen LogP contribution in [0.1, 0.15) is 18.5 Å². The Hall–Kier alpha value is -0.760. The van der Waals surface area contributed by atoms with Crippen molar-refractivity contribution in [1.29, 1.82) is 0 Å². The molecule has 1 saturated heterocycles. The molecule has 2 rings (SSSR count). The monoisotopic (exact) mass is 320 g/mol. The van der Waals surface area contributed by atoms with Crippen molar-refractivity contribution in [2.24, 2.45) is 5.73 Å². The molecule has 7 heteroatoms. The van der Waals surface area contributed by atoms with Crippen LogP contribution in [0.5, 0.6) is 0 Å². The summed E-state index contributed by atoms with van der Waals surface area (Å²) in [4.78, 5) is 2.44. The number of rotatable bonds is 4. The maximum Gasteiger partial charge on any atom is 0.446 e. The molecule has 1 aromatic rings. The Bertz CT molecular complexity index is 453. The number of ether oxygens (including phenoxy) is 1. The molecule has 21 heavy (non-hydrogen) atoms. The molecule has 1 aliphatic heterocycles. The second-order valence-electron chi connectivity index (χ2n) is 5.03. The maximum atomic E-state index is 12.3. The largest absolute Gasteiger partial charge is 0.446 e. The van der Waals surface area contributed by atoms with E-state index in [0.717, 1.165) is 12.1 Å². The molecule has 1 aromatic carbocycles. The summed E-state index contributed by atoms with van der Waals surface area (Å²) in [5.41, 5.74) is 2.56. The van der Waals surface area contributed by atoms with E-state index >= 15 is 0 Å². The Morgan fingerprint density at radius 2 is 2.05 bits per heavy atom. The number of hydrogen-bond donors (Lipinski definition) is 1. The third kappa shape index (κ3) is 4.60. The molecule has 0 aliphatic carbocycles. The van der Waals surface area contributed by atoms with Crippen LogP contribution < -0.4 is 5.73 Å². The molecule has 1 aliphatic rings. The average Bonchev–Trinajstić information content (AvgIpc) is 2.42. The first-order valence-electron chi connectivity index (χ1n) is 6.80. The van der Waals surface area contributed by atoms with Crippen molar-refractivity contribution < 1.29 is 17.9 Å². The minimum absolute atomic E-state index is 0.00818. The van der Waals surface area contributed by atoms with Crippen molar-refractivity contribution in [3.8, 4) is 0 Å². The zero-order chi connectivity index (χ0) is 15.5. The molecule has 2 N–H and O–H groups in total. The standard InChI is InChI=1S/C14H19F3N2OS/c1-10-9-20-7-6-19(10)13(8-18)11-2-4-12(5-3-11)21-14(15,16)17/h2-5,10,13H,6-9,18H2,1H3. The lowest BCUT2D eigenvalue weighted by atomic mass is 10.0. The number of alkyl halides is 3. The molecular weight excluding hydrogens is 301 g/mol. The number of halogens is 3. The first-order chi connectivity index (χ1) is 9.90. The number of nitrogens with zero attached hydrogens (tertiary/aromatic N) is 1. The van der Waals surface area contributed by atoms with Crippen LogP contribution in [0.25, 0.3) is 0 Å². The van der Waals surface area contributed by atoms with Gasteiger partial charge in [-0.2, -0.15) is 13.2 Å². The van der Waals surface area contributed by atoms with Crippen LogP contribution in [0.15, 0.2) is 29.2 Å². The zero-order valence-electron chi connectivity index (χ0n) is 11.8. The fourth-order valence-corrected chi connectivity index (χ4v) is 3.10. The first kappa shape index (κ1) is 16.6. The summed E-state index contributed by atoms with van der Waals surface area (Å²) < 4.78 is 42.4. The molecule has 2 atom stereocenters. The van der Waals surface area contributed by atoms with Crippen LogP contribution in [0.3, 0.4) is 0 Å². The van der Waals surface area contributed by atoms with E-state index in [-0.39, 0.29) is 28.7 Å². The molecule has 118 valence electrons. The van der Waals surface area contributed by atoms with E-state index in [9.17, 15) is 13.2 Å².